The molecule has 1 aromatic carbocycles. The lowest BCUT2D eigenvalue weighted by Gasteiger charge is -2.56. The van der Waals surface area contributed by atoms with Crippen molar-refractivity contribution in [1.82, 2.24) is 9.88 Å². The number of pyridine rings is 1. The molecule has 1 unspecified atom stereocenters. The number of anilines is 1. The highest BCUT2D eigenvalue weighted by Gasteiger charge is 2.55. The monoisotopic (exact) mass is 379 g/mol. The van der Waals surface area contributed by atoms with Crippen LogP contribution >= 0.6 is 0 Å². The van der Waals surface area contributed by atoms with Crippen LogP contribution in [0, 0.1) is 5.41 Å². The average Bonchev–Trinajstić information content (AvgIpc) is 3.21. The van der Waals surface area contributed by atoms with E-state index < -0.39 is 5.60 Å². The Kier molecular flexibility index (Phi) is 4.96. The fourth-order valence-electron chi connectivity index (χ4n) is 5.12. The molecule has 4 rings (SSSR count). The molecule has 2 aliphatic heterocycles. The lowest BCUT2D eigenvalue weighted by molar-refractivity contribution is -0.127. The fraction of sp³-hybridized carbons (Fsp3) is 0.542. The molecule has 0 saturated carbocycles. The van der Waals surface area contributed by atoms with Crippen molar-refractivity contribution in [3.63, 3.8) is 0 Å². The first-order chi connectivity index (χ1) is 13.3. The Hall–Kier alpha value is -1.91. The summed E-state index contributed by atoms with van der Waals surface area (Å²) in [7, 11) is 2.11. The van der Waals surface area contributed by atoms with Gasteiger partial charge in [-0.25, -0.2) is 0 Å². The molecule has 150 valence electrons. The number of hydrogen-bond acceptors (Lipinski definition) is 4. The third kappa shape index (κ3) is 3.13. The second kappa shape index (κ2) is 7.16. The van der Waals surface area contributed by atoms with Crippen LogP contribution < -0.4 is 4.90 Å². The molecule has 2 aromatic rings. The van der Waals surface area contributed by atoms with Crippen molar-refractivity contribution in [3.8, 4) is 0 Å². The van der Waals surface area contributed by atoms with Gasteiger partial charge < -0.3 is 14.9 Å². The second-order valence-corrected chi connectivity index (χ2v) is 9.35. The number of benzene rings is 1. The van der Waals surface area contributed by atoms with Crippen molar-refractivity contribution >= 4 is 5.69 Å². The topological polar surface area (TPSA) is 39.6 Å². The maximum Gasteiger partial charge on any atom is 0.124 e. The lowest BCUT2D eigenvalue weighted by atomic mass is 9.62. The molecule has 4 nitrogen and oxygen atoms in total. The summed E-state index contributed by atoms with van der Waals surface area (Å²) >= 11 is 0. The highest BCUT2D eigenvalue weighted by atomic mass is 16.3. The maximum absolute atomic E-state index is 12.3. The van der Waals surface area contributed by atoms with Crippen LogP contribution in [0.25, 0.3) is 0 Å². The van der Waals surface area contributed by atoms with E-state index in [1.165, 1.54) is 18.4 Å². The van der Waals surface area contributed by atoms with E-state index >= 15 is 0 Å². The standard InChI is InChI=1S/C24H33N3O/c1-18(2)19-7-9-20(10-8-19)24(28,23(3)16-26(4)17-23)21-13-22(15-25-14-21)27-11-5-6-12-27/h7-10,13-15,18,28H,5-6,11-12,16-17H2,1-4H3. The molecule has 2 fully saturated rings. The molecule has 0 radical (unpaired) electrons. The number of hydrogen-bond donors (Lipinski definition) is 1. The molecule has 2 saturated heterocycles. The number of rotatable bonds is 5. The highest BCUT2D eigenvalue weighted by molar-refractivity contribution is 5.51. The van der Waals surface area contributed by atoms with Gasteiger partial charge in [-0.15, -0.1) is 0 Å². The van der Waals surface area contributed by atoms with Crippen molar-refractivity contribution in [1.29, 1.82) is 0 Å². The first-order valence-corrected chi connectivity index (χ1v) is 10.6. The zero-order valence-corrected chi connectivity index (χ0v) is 17.7. The van der Waals surface area contributed by atoms with Gasteiger partial charge in [0.15, 0.2) is 0 Å². The summed E-state index contributed by atoms with van der Waals surface area (Å²) in [5.41, 5.74) is 3.00. The highest BCUT2D eigenvalue weighted by Crippen LogP contribution is 2.50. The number of nitrogens with zero attached hydrogens (tertiary/aromatic N) is 3. The van der Waals surface area contributed by atoms with E-state index in [2.05, 4.69) is 72.9 Å². The molecule has 28 heavy (non-hydrogen) atoms. The van der Waals surface area contributed by atoms with Gasteiger partial charge in [0.25, 0.3) is 0 Å². The van der Waals surface area contributed by atoms with Crippen molar-refractivity contribution in [2.75, 3.05) is 38.1 Å². The van der Waals surface area contributed by atoms with Crippen LogP contribution in [0.3, 0.4) is 0 Å². The first-order valence-electron chi connectivity index (χ1n) is 10.6. The Morgan fingerprint density at radius 3 is 2.25 bits per heavy atom. The summed E-state index contributed by atoms with van der Waals surface area (Å²) in [5, 5.41) is 12.3. The quantitative estimate of drug-likeness (QED) is 0.853. The smallest absolute Gasteiger partial charge is 0.124 e. The molecule has 0 bridgehead atoms. The van der Waals surface area contributed by atoms with Crippen LogP contribution in [0.1, 0.15) is 56.2 Å². The summed E-state index contributed by atoms with van der Waals surface area (Å²) in [6, 6.07) is 10.7. The molecular weight excluding hydrogens is 346 g/mol. The van der Waals surface area contributed by atoms with Gasteiger partial charge in [-0.2, -0.15) is 0 Å². The Morgan fingerprint density at radius 1 is 1.04 bits per heavy atom. The summed E-state index contributed by atoms with van der Waals surface area (Å²) in [4.78, 5) is 9.19. The summed E-state index contributed by atoms with van der Waals surface area (Å²) in [5.74, 6) is 0.479. The molecule has 1 N–H and O–H groups in total. The molecule has 1 atom stereocenters. The SMILES string of the molecule is CC(C)c1ccc(C(O)(c2cncc(N3CCCC3)c2)C2(C)CN(C)C2)cc1. The number of likely N-dealkylation sites (tertiary alicyclic amines) is 1. The lowest BCUT2D eigenvalue weighted by Crippen LogP contribution is -2.63. The minimum atomic E-state index is -1.06. The average molecular weight is 380 g/mol. The minimum Gasteiger partial charge on any atom is -0.380 e. The third-order valence-corrected chi connectivity index (χ3v) is 6.72. The van der Waals surface area contributed by atoms with E-state index in [9.17, 15) is 5.11 Å². The van der Waals surface area contributed by atoms with E-state index in [1.807, 2.05) is 12.4 Å². The zero-order valence-electron chi connectivity index (χ0n) is 17.7. The molecule has 0 aliphatic carbocycles. The molecular formula is C24H33N3O. The third-order valence-electron chi connectivity index (χ3n) is 6.72. The van der Waals surface area contributed by atoms with Crippen molar-refractivity contribution in [3.05, 3.63) is 59.4 Å². The normalized spacial score (nSPS) is 21.6. The summed E-state index contributed by atoms with van der Waals surface area (Å²) in [6.45, 7) is 10.5. The maximum atomic E-state index is 12.3. The van der Waals surface area contributed by atoms with E-state index in [-0.39, 0.29) is 5.41 Å². The Bertz CT molecular complexity index is 820. The van der Waals surface area contributed by atoms with Gasteiger partial charge in [0.2, 0.25) is 0 Å². The largest absolute Gasteiger partial charge is 0.380 e. The molecule has 4 heteroatoms. The van der Waals surface area contributed by atoms with Gasteiger partial charge in [-0.1, -0.05) is 45.0 Å². The van der Waals surface area contributed by atoms with E-state index in [1.54, 1.807) is 0 Å². The van der Waals surface area contributed by atoms with Crippen LogP contribution in [0.15, 0.2) is 42.7 Å². The Morgan fingerprint density at radius 2 is 1.68 bits per heavy atom. The Balaban J connectivity index is 1.79. The first kappa shape index (κ1) is 19.4. The van der Waals surface area contributed by atoms with Crippen LogP contribution in [0.2, 0.25) is 0 Å². The van der Waals surface area contributed by atoms with Crippen molar-refractivity contribution in [2.45, 2.75) is 45.1 Å². The van der Waals surface area contributed by atoms with Crippen LogP contribution in [-0.2, 0) is 5.60 Å². The van der Waals surface area contributed by atoms with Crippen molar-refractivity contribution in [2.24, 2.45) is 5.41 Å². The van der Waals surface area contributed by atoms with Crippen LogP contribution in [-0.4, -0.2) is 48.2 Å². The summed E-state index contributed by atoms with van der Waals surface area (Å²) < 4.78 is 0. The molecule has 1 aromatic heterocycles. The van der Waals surface area contributed by atoms with Gasteiger partial charge in [0, 0.05) is 43.4 Å². The van der Waals surface area contributed by atoms with Gasteiger partial charge in [-0.05, 0) is 43.0 Å². The van der Waals surface area contributed by atoms with E-state index in [0.29, 0.717) is 5.92 Å². The fourth-order valence-corrected chi connectivity index (χ4v) is 5.12. The molecule has 2 aliphatic rings. The Labute approximate surface area is 169 Å². The van der Waals surface area contributed by atoms with Crippen LogP contribution in [0.5, 0.6) is 0 Å². The van der Waals surface area contributed by atoms with Gasteiger partial charge in [0.05, 0.1) is 11.9 Å². The molecule has 0 amide bonds. The minimum absolute atomic E-state index is 0.244. The number of aliphatic hydroxyl groups is 1. The van der Waals surface area contributed by atoms with Gasteiger partial charge in [-0.3, -0.25) is 4.98 Å². The summed E-state index contributed by atoms with van der Waals surface area (Å²) in [6.07, 6.45) is 6.26. The van der Waals surface area contributed by atoms with E-state index in [0.717, 1.165) is 43.0 Å². The van der Waals surface area contributed by atoms with E-state index in [4.69, 9.17) is 0 Å². The molecule has 3 heterocycles. The second-order valence-electron chi connectivity index (χ2n) is 9.35. The van der Waals surface area contributed by atoms with Crippen LogP contribution in [0.4, 0.5) is 5.69 Å². The molecule has 0 spiro atoms. The van der Waals surface area contributed by atoms with Gasteiger partial charge >= 0.3 is 0 Å². The predicted molar refractivity (Wildman–Crippen MR) is 115 cm³/mol. The van der Waals surface area contributed by atoms with Gasteiger partial charge in [0.1, 0.15) is 5.60 Å². The zero-order chi connectivity index (χ0) is 19.9. The van der Waals surface area contributed by atoms with Crippen molar-refractivity contribution < 1.29 is 5.11 Å². The number of aromatic nitrogens is 1. The predicted octanol–water partition coefficient (Wildman–Crippen LogP) is 3.99.